The molecular formula is C12H26N2O. The summed E-state index contributed by atoms with van der Waals surface area (Å²) >= 11 is 0. The summed E-state index contributed by atoms with van der Waals surface area (Å²) in [6.45, 7) is 13.7. The largest absolute Gasteiger partial charge is 0.373 e. The molecular weight excluding hydrogens is 188 g/mol. The van der Waals surface area contributed by atoms with E-state index in [2.05, 4.69) is 39.5 Å². The third-order valence-electron chi connectivity index (χ3n) is 3.80. The number of morpholine rings is 1. The Morgan fingerprint density at radius 3 is 2.13 bits per heavy atom. The Hall–Kier alpha value is -0.120. The molecule has 1 saturated heterocycles. The van der Waals surface area contributed by atoms with Gasteiger partial charge in [-0.3, -0.25) is 4.90 Å². The lowest BCUT2D eigenvalue weighted by atomic mass is 9.85. The van der Waals surface area contributed by atoms with Gasteiger partial charge in [-0.1, -0.05) is 13.8 Å². The van der Waals surface area contributed by atoms with Gasteiger partial charge in [-0.2, -0.15) is 0 Å². The highest BCUT2D eigenvalue weighted by Gasteiger charge is 2.37. The van der Waals surface area contributed by atoms with Crippen LogP contribution in [0.5, 0.6) is 0 Å². The van der Waals surface area contributed by atoms with Crippen molar-refractivity contribution in [2.75, 3.05) is 19.6 Å². The molecule has 3 atom stereocenters. The molecule has 0 bridgehead atoms. The fraction of sp³-hybridized carbons (Fsp3) is 1.00. The summed E-state index contributed by atoms with van der Waals surface area (Å²) < 4.78 is 5.75. The standard InChI is InChI=1S/C12H26N2O/c1-9(2)12(5,8-13)14-6-10(3)15-11(4)7-14/h9-11H,6-8,13H2,1-5H3/t10-,11+,12?. The molecule has 90 valence electrons. The van der Waals surface area contributed by atoms with Crippen molar-refractivity contribution in [1.29, 1.82) is 0 Å². The fourth-order valence-corrected chi connectivity index (χ4v) is 2.32. The quantitative estimate of drug-likeness (QED) is 0.773. The molecule has 0 radical (unpaired) electrons. The fourth-order valence-electron chi connectivity index (χ4n) is 2.32. The number of ether oxygens (including phenoxy) is 1. The van der Waals surface area contributed by atoms with Gasteiger partial charge in [0, 0.05) is 25.2 Å². The average molecular weight is 214 g/mol. The highest BCUT2D eigenvalue weighted by molar-refractivity contribution is 4.93. The molecule has 3 heteroatoms. The second kappa shape index (κ2) is 4.81. The summed E-state index contributed by atoms with van der Waals surface area (Å²) in [5.74, 6) is 0.569. The topological polar surface area (TPSA) is 38.5 Å². The van der Waals surface area contributed by atoms with Crippen LogP contribution in [-0.2, 0) is 4.74 Å². The number of nitrogens with zero attached hydrogens (tertiary/aromatic N) is 1. The SMILES string of the molecule is CC(C)C(C)(CN)N1C[C@@H](C)O[C@@H](C)C1. The van der Waals surface area contributed by atoms with Gasteiger partial charge in [0.15, 0.2) is 0 Å². The molecule has 0 spiro atoms. The summed E-state index contributed by atoms with van der Waals surface area (Å²) in [6.07, 6.45) is 0.636. The zero-order valence-electron chi connectivity index (χ0n) is 10.8. The van der Waals surface area contributed by atoms with Gasteiger partial charge in [0.1, 0.15) is 0 Å². The maximum Gasteiger partial charge on any atom is 0.0678 e. The second-order valence-electron chi connectivity index (χ2n) is 5.38. The summed E-state index contributed by atoms with van der Waals surface area (Å²) in [5.41, 5.74) is 6.05. The first-order valence-electron chi connectivity index (χ1n) is 6.00. The molecule has 3 nitrogen and oxygen atoms in total. The van der Waals surface area contributed by atoms with Crippen LogP contribution < -0.4 is 5.73 Å². The van der Waals surface area contributed by atoms with Crippen LogP contribution in [0.3, 0.4) is 0 Å². The highest BCUT2D eigenvalue weighted by atomic mass is 16.5. The Labute approximate surface area is 94.0 Å². The van der Waals surface area contributed by atoms with E-state index >= 15 is 0 Å². The van der Waals surface area contributed by atoms with Crippen molar-refractivity contribution in [1.82, 2.24) is 4.90 Å². The lowest BCUT2D eigenvalue weighted by Crippen LogP contribution is -2.61. The van der Waals surface area contributed by atoms with Crippen LogP contribution in [0, 0.1) is 5.92 Å². The smallest absolute Gasteiger partial charge is 0.0678 e. The molecule has 0 aromatic carbocycles. The molecule has 0 aromatic rings. The van der Waals surface area contributed by atoms with Crippen LogP contribution >= 0.6 is 0 Å². The Kier molecular flexibility index (Phi) is 4.15. The van der Waals surface area contributed by atoms with E-state index in [1.807, 2.05) is 0 Å². The van der Waals surface area contributed by atoms with Crippen LogP contribution in [-0.4, -0.2) is 42.3 Å². The number of rotatable bonds is 3. The van der Waals surface area contributed by atoms with Gasteiger partial charge in [0.2, 0.25) is 0 Å². The monoisotopic (exact) mass is 214 g/mol. The lowest BCUT2D eigenvalue weighted by molar-refractivity contribution is -0.106. The van der Waals surface area contributed by atoms with E-state index in [9.17, 15) is 0 Å². The lowest BCUT2D eigenvalue weighted by Gasteiger charge is -2.48. The summed E-state index contributed by atoms with van der Waals surface area (Å²) in [6, 6.07) is 0. The number of hydrogen-bond acceptors (Lipinski definition) is 3. The molecule has 0 saturated carbocycles. The van der Waals surface area contributed by atoms with Gasteiger partial charge in [0.05, 0.1) is 12.2 Å². The van der Waals surface area contributed by atoms with Gasteiger partial charge in [0.25, 0.3) is 0 Å². The van der Waals surface area contributed by atoms with Crippen LogP contribution in [0.2, 0.25) is 0 Å². The van der Waals surface area contributed by atoms with E-state index < -0.39 is 0 Å². The molecule has 15 heavy (non-hydrogen) atoms. The van der Waals surface area contributed by atoms with Crippen LogP contribution in [0.1, 0.15) is 34.6 Å². The Bertz CT molecular complexity index is 198. The van der Waals surface area contributed by atoms with E-state index in [0.717, 1.165) is 13.1 Å². The molecule has 1 aliphatic heterocycles. The van der Waals surface area contributed by atoms with Crippen molar-refractivity contribution in [2.24, 2.45) is 11.7 Å². The maximum atomic E-state index is 5.95. The highest BCUT2D eigenvalue weighted by Crippen LogP contribution is 2.27. The Balaban J connectivity index is 2.75. The van der Waals surface area contributed by atoms with Crippen molar-refractivity contribution in [3.05, 3.63) is 0 Å². The van der Waals surface area contributed by atoms with Crippen LogP contribution in [0.25, 0.3) is 0 Å². The third-order valence-corrected chi connectivity index (χ3v) is 3.80. The van der Waals surface area contributed by atoms with Crippen molar-refractivity contribution in [3.63, 3.8) is 0 Å². The minimum absolute atomic E-state index is 0.103. The van der Waals surface area contributed by atoms with Gasteiger partial charge < -0.3 is 10.5 Å². The van der Waals surface area contributed by atoms with E-state index in [-0.39, 0.29) is 5.54 Å². The molecule has 0 aromatic heterocycles. The van der Waals surface area contributed by atoms with E-state index in [4.69, 9.17) is 10.5 Å². The average Bonchev–Trinajstić information content (AvgIpc) is 2.14. The van der Waals surface area contributed by atoms with E-state index in [0.29, 0.717) is 24.7 Å². The molecule has 1 aliphatic rings. The molecule has 1 heterocycles. The van der Waals surface area contributed by atoms with Gasteiger partial charge in [-0.15, -0.1) is 0 Å². The molecule has 2 N–H and O–H groups in total. The van der Waals surface area contributed by atoms with Gasteiger partial charge in [-0.25, -0.2) is 0 Å². The van der Waals surface area contributed by atoms with Crippen LogP contribution in [0.15, 0.2) is 0 Å². The molecule has 1 unspecified atom stereocenters. The minimum atomic E-state index is 0.103. The normalized spacial score (nSPS) is 33.0. The van der Waals surface area contributed by atoms with Crippen molar-refractivity contribution in [2.45, 2.75) is 52.4 Å². The van der Waals surface area contributed by atoms with Gasteiger partial charge >= 0.3 is 0 Å². The van der Waals surface area contributed by atoms with Crippen molar-refractivity contribution in [3.8, 4) is 0 Å². The molecule has 1 rings (SSSR count). The first kappa shape index (κ1) is 12.9. The maximum absolute atomic E-state index is 5.95. The third kappa shape index (κ3) is 2.71. The molecule has 1 fully saturated rings. The first-order valence-corrected chi connectivity index (χ1v) is 6.00. The van der Waals surface area contributed by atoms with Crippen LogP contribution in [0.4, 0.5) is 0 Å². The number of hydrogen-bond donors (Lipinski definition) is 1. The Morgan fingerprint density at radius 1 is 1.33 bits per heavy atom. The van der Waals surface area contributed by atoms with E-state index in [1.165, 1.54) is 0 Å². The summed E-state index contributed by atoms with van der Waals surface area (Å²) in [7, 11) is 0. The van der Waals surface area contributed by atoms with Gasteiger partial charge in [-0.05, 0) is 26.7 Å². The summed E-state index contributed by atoms with van der Waals surface area (Å²) in [5, 5.41) is 0. The van der Waals surface area contributed by atoms with Crippen molar-refractivity contribution >= 4 is 0 Å². The van der Waals surface area contributed by atoms with E-state index in [1.54, 1.807) is 0 Å². The predicted octanol–water partition coefficient (Wildman–Crippen LogP) is 1.47. The zero-order valence-corrected chi connectivity index (χ0v) is 10.8. The second-order valence-corrected chi connectivity index (χ2v) is 5.38. The molecule has 0 amide bonds. The minimum Gasteiger partial charge on any atom is -0.373 e. The molecule has 0 aliphatic carbocycles. The van der Waals surface area contributed by atoms with Crippen molar-refractivity contribution < 1.29 is 4.74 Å². The zero-order chi connectivity index (χ0) is 11.6. The first-order chi connectivity index (χ1) is 6.90. The Morgan fingerprint density at radius 2 is 1.80 bits per heavy atom. The summed E-state index contributed by atoms with van der Waals surface area (Å²) in [4.78, 5) is 2.50. The number of nitrogens with two attached hydrogens (primary N) is 1. The predicted molar refractivity (Wildman–Crippen MR) is 63.9 cm³/mol.